The van der Waals surface area contributed by atoms with Crippen LogP contribution in [0.3, 0.4) is 0 Å². The molecule has 74 valence electrons. The van der Waals surface area contributed by atoms with Crippen LogP contribution in [0.25, 0.3) is 0 Å². The number of hydrogen-bond acceptors (Lipinski definition) is 1. The van der Waals surface area contributed by atoms with Crippen LogP contribution in [0.5, 0.6) is 0 Å². The van der Waals surface area contributed by atoms with Crippen LogP contribution in [0.4, 0.5) is 0 Å². The van der Waals surface area contributed by atoms with Crippen LogP contribution in [-0.4, -0.2) is 0 Å². The summed E-state index contributed by atoms with van der Waals surface area (Å²) in [6.45, 7) is 0. The first kappa shape index (κ1) is 11.0. The second kappa shape index (κ2) is 4.56. The molecule has 2 atom stereocenters. The molecule has 0 saturated carbocycles. The summed E-state index contributed by atoms with van der Waals surface area (Å²) >= 11 is 1.92. The Labute approximate surface area is 118 Å². The Hall–Kier alpha value is 0.490. The quantitative estimate of drug-likeness (QED) is 0.556. The van der Waals surface area contributed by atoms with Crippen LogP contribution in [-0.2, 0) is 0 Å². The van der Waals surface area contributed by atoms with E-state index in [1.165, 1.54) is 32.8 Å². The van der Waals surface area contributed by atoms with Gasteiger partial charge in [0.2, 0.25) is 0 Å². The maximum Gasteiger partial charge on any atom is 0.341 e. The summed E-state index contributed by atoms with van der Waals surface area (Å²) < 4.78 is 2.90. The molecule has 3 rings (SSSR count). The largest absolute Gasteiger partial charge is 0.341 e. The molecule has 0 aromatic heterocycles. The van der Waals surface area contributed by atoms with Gasteiger partial charge in [-0.15, -0.1) is 0 Å². The molecule has 1 saturated heterocycles. The van der Waals surface area contributed by atoms with Crippen molar-refractivity contribution in [3.8, 4) is 0 Å². The molecule has 0 aromatic carbocycles. The standard InChI is InChI=1S/C10H10N2S.Ar/c1-3-9-5-6-10-4-2-8-12(10)13-11(9)7-1;/h1-4,7-8H,5-6H2;/p+2. The molecule has 0 aromatic rings. The molecule has 2 unspecified atom stereocenters. The predicted molar refractivity (Wildman–Crippen MR) is 53.2 cm³/mol. The number of quaternary nitrogens is 2. The molecular weight excluding hydrogens is 220 g/mol. The summed E-state index contributed by atoms with van der Waals surface area (Å²) in [5.74, 6) is 0. The van der Waals surface area contributed by atoms with Gasteiger partial charge < -0.3 is 0 Å². The van der Waals surface area contributed by atoms with Crippen molar-refractivity contribution in [1.29, 1.82) is 0 Å². The maximum atomic E-state index is 2.24. The van der Waals surface area contributed by atoms with Gasteiger partial charge in [-0.2, -0.15) is 8.61 Å². The van der Waals surface area contributed by atoms with Crippen LogP contribution in [0.15, 0.2) is 48.1 Å². The van der Waals surface area contributed by atoms with Crippen molar-refractivity contribution in [2.45, 2.75) is 12.8 Å². The van der Waals surface area contributed by atoms with Crippen molar-refractivity contribution in [3.63, 3.8) is 0 Å². The zero-order valence-corrected chi connectivity index (χ0v) is 9.16. The van der Waals surface area contributed by atoms with Crippen molar-refractivity contribution in [2.24, 2.45) is 0 Å². The van der Waals surface area contributed by atoms with E-state index in [2.05, 4.69) is 36.7 Å². The van der Waals surface area contributed by atoms with Crippen molar-refractivity contribution in [3.05, 3.63) is 48.1 Å². The minimum absolute atomic E-state index is 0. The van der Waals surface area contributed by atoms with Gasteiger partial charge in [-0.25, -0.2) is 0 Å². The molecule has 0 spiro atoms. The average Bonchev–Trinajstić information content (AvgIpc) is 2.72. The topological polar surface area (TPSA) is 8.88 Å². The fraction of sp³-hybridized carbons (Fsp3) is 0.200. The van der Waals surface area contributed by atoms with Gasteiger partial charge in [-0.05, 0) is 12.2 Å². The summed E-state index contributed by atoms with van der Waals surface area (Å²) in [5.41, 5.74) is 3.03. The number of rotatable bonds is 0. The maximum absolute atomic E-state index is 2.24. The third kappa shape index (κ3) is 1.90. The molecule has 0 radical (unpaired) electrons. The van der Waals surface area contributed by atoms with Crippen molar-refractivity contribution in [2.75, 3.05) is 0 Å². The summed E-state index contributed by atoms with van der Waals surface area (Å²) in [4.78, 5) is 0. The number of allylic oxidation sites excluding steroid dienone is 6. The van der Waals surface area contributed by atoms with Crippen molar-refractivity contribution in [1.82, 2.24) is 0 Å². The SMILES string of the molecule is C1=C[NH+]2S[NH+]3C=CC=C3CCC2=C1.[Ar]. The van der Waals surface area contributed by atoms with E-state index < -0.39 is 0 Å². The molecule has 3 aliphatic rings. The zero-order valence-electron chi connectivity index (χ0n) is 7.64. The third-order valence-corrected chi connectivity index (χ3v) is 3.84. The Morgan fingerprint density at radius 2 is 1.43 bits per heavy atom. The van der Waals surface area contributed by atoms with Gasteiger partial charge in [-0.1, -0.05) is 0 Å². The van der Waals surface area contributed by atoms with Gasteiger partial charge in [-0.3, -0.25) is 0 Å². The first-order valence-electron chi connectivity index (χ1n) is 4.60. The summed E-state index contributed by atoms with van der Waals surface area (Å²) in [6.07, 6.45) is 15.7. The van der Waals surface area contributed by atoms with E-state index in [0.29, 0.717) is 0 Å². The van der Waals surface area contributed by atoms with Gasteiger partial charge >= 0.3 is 12.1 Å². The molecule has 0 aliphatic carbocycles. The molecule has 3 heterocycles. The Morgan fingerprint density at radius 3 is 1.93 bits per heavy atom. The Kier molecular flexibility index (Phi) is 3.58. The second-order valence-corrected chi connectivity index (χ2v) is 4.52. The van der Waals surface area contributed by atoms with Crippen LogP contribution in [0, 0.1) is 37.7 Å². The summed E-state index contributed by atoms with van der Waals surface area (Å²) in [6, 6.07) is 0. The zero-order chi connectivity index (χ0) is 8.67. The molecule has 3 aliphatic heterocycles. The van der Waals surface area contributed by atoms with E-state index >= 15 is 0 Å². The smallest absolute Gasteiger partial charge is 0.167 e. The van der Waals surface area contributed by atoms with Crippen molar-refractivity contribution < 1.29 is 46.3 Å². The van der Waals surface area contributed by atoms with E-state index in [9.17, 15) is 0 Å². The first-order chi connectivity index (χ1) is 6.43. The van der Waals surface area contributed by atoms with Crippen LogP contribution in [0.1, 0.15) is 12.8 Å². The summed E-state index contributed by atoms with van der Waals surface area (Å²) in [7, 11) is 0. The van der Waals surface area contributed by atoms with Gasteiger partial charge in [0.25, 0.3) is 0 Å². The fourth-order valence-corrected chi connectivity index (χ4v) is 3.01. The van der Waals surface area contributed by atoms with Crippen LogP contribution >= 0.6 is 12.1 Å². The van der Waals surface area contributed by atoms with Gasteiger partial charge in [0, 0.05) is 62.7 Å². The fourth-order valence-electron chi connectivity index (χ4n) is 1.88. The predicted octanol–water partition coefficient (Wildman–Crippen LogP) is -0.0644. The van der Waals surface area contributed by atoms with E-state index in [4.69, 9.17) is 0 Å². The monoisotopic (exact) mass is 232 g/mol. The number of nitrogens with one attached hydrogen (secondary N) is 2. The van der Waals surface area contributed by atoms with Gasteiger partial charge in [0.1, 0.15) is 23.8 Å². The minimum atomic E-state index is 0. The molecule has 14 heavy (non-hydrogen) atoms. The van der Waals surface area contributed by atoms with Gasteiger partial charge in [0.05, 0.1) is 0 Å². The molecule has 0 amide bonds. The van der Waals surface area contributed by atoms with Crippen LogP contribution in [0.2, 0.25) is 0 Å². The number of hydrogen-bond donors (Lipinski definition) is 2. The Bertz CT molecular complexity index is 323. The van der Waals surface area contributed by atoms with E-state index in [-0.39, 0.29) is 37.7 Å². The first-order valence-corrected chi connectivity index (χ1v) is 5.42. The van der Waals surface area contributed by atoms with E-state index in [1.54, 1.807) is 0 Å². The normalized spacial score (nSPS) is 32.6. The Balaban J connectivity index is 0.000000750. The van der Waals surface area contributed by atoms with Crippen LogP contribution < -0.4 is 8.61 Å². The molecule has 2 N–H and O–H groups in total. The Morgan fingerprint density at radius 1 is 0.929 bits per heavy atom. The minimum Gasteiger partial charge on any atom is -0.167 e. The molecule has 2 nitrogen and oxygen atoms in total. The van der Waals surface area contributed by atoms with Gasteiger partial charge in [0.15, 0.2) is 0 Å². The van der Waals surface area contributed by atoms with Crippen molar-refractivity contribution >= 4 is 12.1 Å². The third-order valence-electron chi connectivity index (χ3n) is 2.61. The molecular formula is C10H12ArN2S+2. The molecule has 0 bridgehead atoms. The molecule has 4 heteroatoms. The van der Waals surface area contributed by atoms with E-state index in [0.717, 1.165) is 0 Å². The summed E-state index contributed by atoms with van der Waals surface area (Å²) in [5, 5.41) is 0. The second-order valence-electron chi connectivity index (χ2n) is 3.43. The number of fused-ring (bicyclic) bond motifs is 2. The average molecular weight is 232 g/mol. The molecule has 1 fully saturated rings. The van der Waals surface area contributed by atoms with E-state index in [1.807, 2.05) is 12.1 Å².